The highest BCUT2D eigenvalue weighted by Crippen LogP contribution is 2.37. The molecule has 20 heavy (non-hydrogen) atoms. The highest BCUT2D eigenvalue weighted by molar-refractivity contribution is 6.33. The zero-order chi connectivity index (χ0) is 14.3. The molecule has 0 aliphatic carbocycles. The number of nitrogen functional groups attached to an aromatic ring is 1. The van der Waals surface area contributed by atoms with Crippen LogP contribution in [-0.4, -0.2) is 20.0 Å². The predicted molar refractivity (Wildman–Crippen MR) is 75.6 cm³/mol. The average Bonchev–Trinajstić information content (AvgIpc) is 2.96. The van der Waals surface area contributed by atoms with Crippen LogP contribution in [-0.2, 0) is 7.05 Å². The van der Waals surface area contributed by atoms with E-state index in [0.29, 0.717) is 28.3 Å². The van der Waals surface area contributed by atoms with Crippen molar-refractivity contribution in [2.24, 2.45) is 7.05 Å². The van der Waals surface area contributed by atoms with Crippen LogP contribution in [0.4, 0.5) is 10.2 Å². The normalized spacial score (nSPS) is 10.9. The molecule has 3 N–H and O–H groups in total. The van der Waals surface area contributed by atoms with Gasteiger partial charge in [-0.3, -0.25) is 9.78 Å². The second-order valence-corrected chi connectivity index (χ2v) is 4.76. The average molecular weight is 292 g/mol. The van der Waals surface area contributed by atoms with Gasteiger partial charge in [-0.05, 0) is 24.3 Å². The Morgan fingerprint density at radius 1 is 1.35 bits per heavy atom. The van der Waals surface area contributed by atoms with E-state index in [1.165, 1.54) is 12.1 Å². The molecule has 0 aliphatic heterocycles. The van der Waals surface area contributed by atoms with Crippen LogP contribution in [0.5, 0.6) is 0 Å². The van der Waals surface area contributed by atoms with Gasteiger partial charge in [0.05, 0.1) is 16.3 Å². The molecular weight excluding hydrogens is 281 g/mol. The van der Waals surface area contributed by atoms with Gasteiger partial charge < -0.3 is 5.73 Å². The second kappa shape index (κ2) is 4.64. The lowest BCUT2D eigenvalue weighted by atomic mass is 10.0. The van der Waals surface area contributed by atoms with Crippen LogP contribution < -0.4 is 5.73 Å². The molecule has 0 aliphatic rings. The van der Waals surface area contributed by atoms with Crippen molar-refractivity contribution in [3.05, 3.63) is 41.3 Å². The fourth-order valence-corrected chi connectivity index (χ4v) is 2.32. The molecule has 0 bridgehead atoms. The maximum absolute atomic E-state index is 13.2. The third-order valence-corrected chi connectivity index (χ3v) is 3.28. The number of anilines is 1. The van der Waals surface area contributed by atoms with E-state index in [4.69, 9.17) is 17.3 Å². The van der Waals surface area contributed by atoms with Crippen LogP contribution >= 0.6 is 11.6 Å². The number of aromatic amines is 1. The molecule has 1 aromatic carbocycles. The summed E-state index contributed by atoms with van der Waals surface area (Å²) in [5, 5.41) is 11.4. The number of aryl methyl sites for hydroxylation is 1. The number of aromatic nitrogens is 4. The summed E-state index contributed by atoms with van der Waals surface area (Å²) >= 11 is 6.09. The summed E-state index contributed by atoms with van der Waals surface area (Å²) < 4.78 is 14.8. The summed E-state index contributed by atoms with van der Waals surface area (Å²) in [5.74, 6) is -0.112. The minimum absolute atomic E-state index is 0.273. The Balaban J connectivity index is 2.21. The van der Waals surface area contributed by atoms with Crippen molar-refractivity contribution in [2.45, 2.75) is 0 Å². The Morgan fingerprint density at radius 2 is 2.15 bits per heavy atom. The summed E-state index contributed by atoms with van der Waals surface area (Å²) in [5.41, 5.74) is 8.46. The first-order valence-electron chi connectivity index (χ1n) is 5.85. The number of halogens is 2. The maximum Gasteiger partial charge on any atom is 0.153 e. The van der Waals surface area contributed by atoms with E-state index in [9.17, 15) is 4.39 Å². The van der Waals surface area contributed by atoms with Crippen molar-refractivity contribution in [3.8, 4) is 22.5 Å². The van der Waals surface area contributed by atoms with Gasteiger partial charge in [0.25, 0.3) is 0 Å². The van der Waals surface area contributed by atoms with Crippen LogP contribution in [0.1, 0.15) is 0 Å². The molecule has 2 aromatic heterocycles. The van der Waals surface area contributed by atoms with Crippen molar-refractivity contribution >= 4 is 17.4 Å². The first-order valence-corrected chi connectivity index (χ1v) is 6.23. The van der Waals surface area contributed by atoms with Gasteiger partial charge in [-0.2, -0.15) is 10.2 Å². The molecule has 5 nitrogen and oxygen atoms in total. The van der Waals surface area contributed by atoms with Crippen LogP contribution in [0.15, 0.2) is 30.5 Å². The fraction of sp³-hybridized carbons (Fsp3) is 0.0769. The Labute approximate surface area is 119 Å². The third kappa shape index (κ3) is 2.04. The van der Waals surface area contributed by atoms with Crippen molar-refractivity contribution in [1.82, 2.24) is 20.0 Å². The maximum atomic E-state index is 13.2. The van der Waals surface area contributed by atoms with Gasteiger partial charge in [-0.25, -0.2) is 4.39 Å². The number of benzene rings is 1. The minimum Gasteiger partial charge on any atom is -0.382 e. The Bertz CT molecular complexity index is 777. The number of H-pyrrole nitrogens is 1. The minimum atomic E-state index is -0.403. The van der Waals surface area contributed by atoms with Gasteiger partial charge in [0.15, 0.2) is 5.82 Å². The molecule has 3 aromatic rings. The Kier molecular flexibility index (Phi) is 2.94. The molecule has 3 rings (SSSR count). The molecular formula is C13H11ClFN5. The van der Waals surface area contributed by atoms with Gasteiger partial charge >= 0.3 is 0 Å². The van der Waals surface area contributed by atoms with E-state index in [0.717, 1.165) is 0 Å². The summed E-state index contributed by atoms with van der Waals surface area (Å²) in [6, 6.07) is 5.97. The molecule has 0 atom stereocenters. The fourth-order valence-electron chi connectivity index (χ4n) is 2.05. The Hall–Kier alpha value is -2.34. The number of nitrogens with two attached hydrogens (primary N) is 1. The van der Waals surface area contributed by atoms with Gasteiger partial charge in [0.2, 0.25) is 0 Å². The van der Waals surface area contributed by atoms with E-state index in [1.807, 2.05) is 19.3 Å². The van der Waals surface area contributed by atoms with Crippen molar-refractivity contribution < 1.29 is 4.39 Å². The van der Waals surface area contributed by atoms with E-state index in [-0.39, 0.29) is 5.02 Å². The molecule has 0 unspecified atom stereocenters. The van der Waals surface area contributed by atoms with Crippen LogP contribution in [0.25, 0.3) is 22.5 Å². The SMILES string of the molecule is Cn1ccc(-c2[nH]nc(N)c2-c2ccc(F)cc2Cl)n1. The smallest absolute Gasteiger partial charge is 0.153 e. The van der Waals surface area contributed by atoms with Crippen molar-refractivity contribution in [3.63, 3.8) is 0 Å². The largest absolute Gasteiger partial charge is 0.382 e. The van der Waals surface area contributed by atoms with E-state index in [1.54, 1.807) is 10.7 Å². The number of hydrogen-bond acceptors (Lipinski definition) is 3. The molecule has 0 amide bonds. The zero-order valence-corrected chi connectivity index (χ0v) is 11.3. The summed E-state index contributed by atoms with van der Waals surface area (Å²) in [6.45, 7) is 0. The number of nitrogens with one attached hydrogen (secondary N) is 1. The summed E-state index contributed by atoms with van der Waals surface area (Å²) in [7, 11) is 1.81. The summed E-state index contributed by atoms with van der Waals surface area (Å²) in [6.07, 6.45) is 1.81. The lowest BCUT2D eigenvalue weighted by Crippen LogP contribution is -1.92. The molecule has 2 heterocycles. The van der Waals surface area contributed by atoms with Crippen LogP contribution in [0.2, 0.25) is 5.02 Å². The van der Waals surface area contributed by atoms with Gasteiger partial charge in [-0.1, -0.05) is 11.6 Å². The van der Waals surface area contributed by atoms with Gasteiger partial charge in [0.1, 0.15) is 11.5 Å². The van der Waals surface area contributed by atoms with Crippen molar-refractivity contribution in [1.29, 1.82) is 0 Å². The molecule has 0 saturated carbocycles. The molecule has 0 radical (unpaired) electrons. The third-order valence-electron chi connectivity index (χ3n) is 2.96. The van der Waals surface area contributed by atoms with Crippen molar-refractivity contribution in [2.75, 3.05) is 5.73 Å². The Morgan fingerprint density at radius 3 is 2.80 bits per heavy atom. The summed E-state index contributed by atoms with van der Waals surface area (Å²) in [4.78, 5) is 0. The highest BCUT2D eigenvalue weighted by Gasteiger charge is 2.18. The molecule has 102 valence electrons. The molecule has 0 saturated heterocycles. The van der Waals surface area contributed by atoms with Crippen LogP contribution in [0.3, 0.4) is 0 Å². The molecule has 0 spiro atoms. The number of rotatable bonds is 2. The lowest BCUT2D eigenvalue weighted by molar-refractivity contribution is 0.628. The van der Waals surface area contributed by atoms with Gasteiger partial charge in [0, 0.05) is 18.8 Å². The molecule has 0 fully saturated rings. The number of nitrogens with zero attached hydrogens (tertiary/aromatic N) is 3. The van der Waals surface area contributed by atoms with E-state index < -0.39 is 5.82 Å². The topological polar surface area (TPSA) is 72.5 Å². The highest BCUT2D eigenvalue weighted by atomic mass is 35.5. The van der Waals surface area contributed by atoms with E-state index in [2.05, 4.69) is 15.3 Å². The number of hydrogen-bond donors (Lipinski definition) is 2. The predicted octanol–water partition coefficient (Wildman–Crippen LogP) is 2.85. The molecule has 7 heteroatoms. The second-order valence-electron chi connectivity index (χ2n) is 4.36. The van der Waals surface area contributed by atoms with E-state index >= 15 is 0 Å². The van der Waals surface area contributed by atoms with Gasteiger partial charge in [-0.15, -0.1) is 0 Å². The monoisotopic (exact) mass is 291 g/mol. The first kappa shape index (κ1) is 12.7. The lowest BCUT2D eigenvalue weighted by Gasteiger charge is -2.05. The van der Waals surface area contributed by atoms with Crippen LogP contribution in [0, 0.1) is 5.82 Å². The quantitative estimate of drug-likeness (QED) is 0.762. The zero-order valence-electron chi connectivity index (χ0n) is 10.6. The standard InChI is InChI=1S/C13H11ClFN5/c1-20-5-4-10(19-20)12-11(13(16)18-17-12)8-3-2-7(15)6-9(8)14/h2-6H,1H3,(H3,16,17,18). The first-order chi connectivity index (χ1) is 9.56.